The van der Waals surface area contributed by atoms with E-state index < -0.39 is 24.5 Å². The van der Waals surface area contributed by atoms with Gasteiger partial charge in [-0.2, -0.15) is 0 Å². The van der Waals surface area contributed by atoms with Gasteiger partial charge in [0.25, 0.3) is 5.91 Å². The van der Waals surface area contributed by atoms with Gasteiger partial charge in [0, 0.05) is 12.5 Å². The highest BCUT2D eigenvalue weighted by Crippen LogP contribution is 2.38. The van der Waals surface area contributed by atoms with Crippen LogP contribution in [0.25, 0.3) is 0 Å². The second-order valence-corrected chi connectivity index (χ2v) is 5.99. The molecule has 1 saturated carbocycles. The summed E-state index contributed by atoms with van der Waals surface area (Å²) >= 11 is 0. The molecule has 2 rings (SSSR count). The molecule has 27 heavy (non-hydrogen) atoms. The van der Waals surface area contributed by atoms with Gasteiger partial charge in [0.1, 0.15) is 0 Å². The van der Waals surface area contributed by atoms with Crippen LogP contribution in [0.1, 0.15) is 24.8 Å². The summed E-state index contributed by atoms with van der Waals surface area (Å²) in [6, 6.07) is 3.04. The number of urea groups is 1. The van der Waals surface area contributed by atoms with Gasteiger partial charge in [-0.3, -0.25) is 14.9 Å². The van der Waals surface area contributed by atoms with Crippen LogP contribution in [0, 0.1) is 0 Å². The van der Waals surface area contributed by atoms with Crippen molar-refractivity contribution in [3.05, 3.63) is 17.7 Å². The number of imide groups is 1. The van der Waals surface area contributed by atoms with Crippen molar-refractivity contribution in [1.82, 2.24) is 10.6 Å². The number of carbonyl (C=O) groups excluding carboxylic acids is 3. The number of ether oxygens (including phenoxy) is 4. The Kier molecular flexibility index (Phi) is 7.27. The number of esters is 1. The van der Waals surface area contributed by atoms with Gasteiger partial charge in [0.05, 0.1) is 21.3 Å². The topological polar surface area (TPSA) is 112 Å². The van der Waals surface area contributed by atoms with Crippen LogP contribution < -0.4 is 24.8 Å². The lowest BCUT2D eigenvalue weighted by atomic mass is 10.1. The maximum absolute atomic E-state index is 11.8. The van der Waals surface area contributed by atoms with Gasteiger partial charge in [-0.1, -0.05) is 0 Å². The maximum Gasteiger partial charge on any atom is 0.321 e. The van der Waals surface area contributed by atoms with E-state index >= 15 is 0 Å². The average molecular weight is 380 g/mol. The number of methoxy groups -OCH3 is 3. The van der Waals surface area contributed by atoms with Gasteiger partial charge in [-0.15, -0.1) is 0 Å². The lowest BCUT2D eigenvalue weighted by Crippen LogP contribution is -2.42. The summed E-state index contributed by atoms with van der Waals surface area (Å²) < 4.78 is 20.7. The molecule has 3 amide bonds. The molecule has 1 aliphatic carbocycles. The van der Waals surface area contributed by atoms with Crippen molar-refractivity contribution in [1.29, 1.82) is 0 Å². The fourth-order valence-electron chi connectivity index (χ4n) is 2.36. The van der Waals surface area contributed by atoms with Crippen molar-refractivity contribution < 1.29 is 33.3 Å². The van der Waals surface area contributed by atoms with Crippen LogP contribution in [0.5, 0.6) is 17.2 Å². The van der Waals surface area contributed by atoms with Crippen molar-refractivity contribution >= 4 is 17.9 Å². The van der Waals surface area contributed by atoms with Gasteiger partial charge in [-0.05, 0) is 37.0 Å². The summed E-state index contributed by atoms with van der Waals surface area (Å²) in [4.78, 5) is 34.8. The van der Waals surface area contributed by atoms with Crippen molar-refractivity contribution in [3.8, 4) is 17.2 Å². The van der Waals surface area contributed by atoms with Gasteiger partial charge in [0.15, 0.2) is 18.1 Å². The van der Waals surface area contributed by atoms with Crippen LogP contribution in [-0.4, -0.2) is 51.9 Å². The summed E-state index contributed by atoms with van der Waals surface area (Å²) in [6.45, 7) is -0.508. The van der Waals surface area contributed by atoms with Crippen LogP contribution in [0.15, 0.2) is 12.1 Å². The molecule has 0 aromatic heterocycles. The summed E-state index contributed by atoms with van der Waals surface area (Å²) in [5.74, 6) is 0.214. The molecule has 2 N–H and O–H groups in total. The molecule has 9 heteroatoms. The fourth-order valence-corrected chi connectivity index (χ4v) is 2.36. The lowest BCUT2D eigenvalue weighted by molar-refractivity contribution is -0.148. The largest absolute Gasteiger partial charge is 0.493 e. The summed E-state index contributed by atoms with van der Waals surface area (Å²) in [7, 11) is 4.52. The third-order valence-corrected chi connectivity index (χ3v) is 3.87. The second kappa shape index (κ2) is 9.65. The zero-order valence-electron chi connectivity index (χ0n) is 15.6. The van der Waals surface area contributed by atoms with E-state index in [9.17, 15) is 14.4 Å². The molecule has 0 atom stereocenters. The zero-order chi connectivity index (χ0) is 19.8. The first-order chi connectivity index (χ1) is 13.0. The Morgan fingerprint density at radius 1 is 1.04 bits per heavy atom. The average Bonchev–Trinajstić information content (AvgIpc) is 3.47. The number of aryl methyl sites for hydroxylation is 1. The molecule has 0 radical (unpaired) electrons. The molecule has 1 aromatic rings. The number of nitrogens with one attached hydrogen (secondary N) is 2. The lowest BCUT2D eigenvalue weighted by Gasteiger charge is -2.14. The Hall–Kier alpha value is -2.97. The van der Waals surface area contributed by atoms with Gasteiger partial charge < -0.3 is 24.3 Å². The first kappa shape index (κ1) is 20.3. The van der Waals surface area contributed by atoms with Crippen LogP contribution in [0.4, 0.5) is 4.79 Å². The van der Waals surface area contributed by atoms with Crippen molar-refractivity contribution in [2.24, 2.45) is 0 Å². The molecule has 1 fully saturated rings. The van der Waals surface area contributed by atoms with Crippen molar-refractivity contribution in [2.75, 3.05) is 27.9 Å². The summed E-state index contributed by atoms with van der Waals surface area (Å²) in [5.41, 5.74) is 0.787. The van der Waals surface area contributed by atoms with E-state index in [0.29, 0.717) is 23.7 Å². The molecule has 0 spiro atoms. The molecule has 0 heterocycles. The number of carbonyl (C=O) groups is 3. The maximum atomic E-state index is 11.8. The predicted octanol–water partition coefficient (Wildman–Crippen LogP) is 1.18. The molecule has 0 saturated heterocycles. The van der Waals surface area contributed by atoms with Crippen molar-refractivity contribution in [2.45, 2.75) is 31.7 Å². The van der Waals surface area contributed by atoms with E-state index in [0.717, 1.165) is 18.4 Å². The van der Waals surface area contributed by atoms with Gasteiger partial charge >= 0.3 is 12.0 Å². The molecule has 0 aliphatic heterocycles. The molecule has 1 aliphatic rings. The Bertz CT molecular complexity index is 676. The first-order valence-electron chi connectivity index (χ1n) is 8.51. The van der Waals surface area contributed by atoms with E-state index in [1.807, 2.05) is 0 Å². The molecule has 9 nitrogen and oxygen atoms in total. The Morgan fingerprint density at radius 3 is 2.19 bits per heavy atom. The number of benzene rings is 1. The minimum Gasteiger partial charge on any atom is -0.493 e. The Morgan fingerprint density at radius 2 is 1.67 bits per heavy atom. The normalized spacial score (nSPS) is 12.7. The summed E-state index contributed by atoms with van der Waals surface area (Å²) in [6.07, 6.45) is 2.24. The summed E-state index contributed by atoms with van der Waals surface area (Å²) in [5, 5.41) is 4.71. The SMILES string of the molecule is COc1cc(CCC(=O)OCC(=O)NC(=O)NC2CC2)cc(OC)c1OC. The third kappa shape index (κ3) is 6.36. The number of hydrogen-bond donors (Lipinski definition) is 2. The van der Waals surface area contributed by atoms with E-state index in [1.165, 1.54) is 21.3 Å². The number of amides is 3. The van der Waals surface area contributed by atoms with E-state index in [1.54, 1.807) is 12.1 Å². The third-order valence-electron chi connectivity index (χ3n) is 3.87. The predicted molar refractivity (Wildman–Crippen MR) is 95.1 cm³/mol. The minimum atomic E-state index is -0.672. The molecular weight excluding hydrogens is 356 g/mol. The number of rotatable bonds is 9. The van der Waals surface area contributed by atoms with Crippen LogP contribution in [0.3, 0.4) is 0 Å². The molecule has 148 valence electrons. The highest BCUT2D eigenvalue weighted by Gasteiger charge is 2.24. The monoisotopic (exact) mass is 380 g/mol. The van der Waals surface area contributed by atoms with E-state index in [-0.39, 0.29) is 12.5 Å². The van der Waals surface area contributed by atoms with E-state index in [2.05, 4.69) is 10.6 Å². The van der Waals surface area contributed by atoms with Crippen molar-refractivity contribution in [3.63, 3.8) is 0 Å². The molecule has 1 aromatic carbocycles. The van der Waals surface area contributed by atoms with Gasteiger partial charge in [0.2, 0.25) is 5.75 Å². The highest BCUT2D eigenvalue weighted by atomic mass is 16.5. The number of hydrogen-bond acceptors (Lipinski definition) is 7. The van der Waals surface area contributed by atoms with Crippen LogP contribution >= 0.6 is 0 Å². The molecular formula is C18H24N2O7. The van der Waals surface area contributed by atoms with Crippen LogP contribution in [0.2, 0.25) is 0 Å². The molecule has 0 bridgehead atoms. The zero-order valence-corrected chi connectivity index (χ0v) is 15.6. The minimum absolute atomic E-state index is 0.0557. The second-order valence-electron chi connectivity index (χ2n) is 5.99. The molecule has 0 unspecified atom stereocenters. The smallest absolute Gasteiger partial charge is 0.321 e. The quantitative estimate of drug-likeness (QED) is 0.619. The first-order valence-corrected chi connectivity index (χ1v) is 8.51. The Labute approximate surface area is 157 Å². The van der Waals surface area contributed by atoms with Gasteiger partial charge in [-0.25, -0.2) is 4.79 Å². The van der Waals surface area contributed by atoms with E-state index in [4.69, 9.17) is 18.9 Å². The fraction of sp³-hybridized carbons (Fsp3) is 0.500. The standard InChI is InChI=1S/C18H24N2O7/c1-24-13-8-11(9-14(25-2)17(13)26-3)4-7-16(22)27-10-15(21)20-18(23)19-12-5-6-12/h8-9,12H,4-7,10H2,1-3H3,(H2,19,20,21,23). The van der Waals surface area contributed by atoms with Crippen LogP contribution in [-0.2, 0) is 20.7 Å². The highest BCUT2D eigenvalue weighted by molar-refractivity contribution is 5.95. The Balaban J connectivity index is 1.79.